The number of ether oxygens (including phenoxy) is 2. The molecule has 0 spiro atoms. The summed E-state index contributed by atoms with van der Waals surface area (Å²) in [6.45, 7) is 6.47. The molecule has 1 aromatic heterocycles. The van der Waals surface area contributed by atoms with Gasteiger partial charge in [0.2, 0.25) is 5.91 Å². The number of carbonyl (C=O) groups excluding carboxylic acids is 2. The normalized spacial score (nSPS) is 23.4. The molecule has 2 aromatic carbocycles. The van der Waals surface area contributed by atoms with Crippen LogP contribution in [0.25, 0.3) is 0 Å². The number of nitrogens with zero attached hydrogens (tertiary/aromatic N) is 5. The highest BCUT2D eigenvalue weighted by Crippen LogP contribution is 2.46. The van der Waals surface area contributed by atoms with Crippen molar-refractivity contribution in [2.75, 3.05) is 52.3 Å². The molecule has 1 saturated heterocycles. The minimum absolute atomic E-state index is 0. The summed E-state index contributed by atoms with van der Waals surface area (Å²) >= 11 is 0. The number of aromatic nitrogens is 2. The summed E-state index contributed by atoms with van der Waals surface area (Å²) in [7, 11) is 5.31. The summed E-state index contributed by atoms with van der Waals surface area (Å²) in [6.07, 6.45) is 6.01. The molecule has 3 aromatic rings. The molecule has 0 saturated carbocycles. The number of anilines is 1. The van der Waals surface area contributed by atoms with Crippen molar-refractivity contribution in [3.63, 3.8) is 0 Å². The average molecular weight is 621 g/mol. The van der Waals surface area contributed by atoms with Crippen LogP contribution in [0.1, 0.15) is 34.0 Å². The Morgan fingerprint density at radius 3 is 2.48 bits per heavy atom. The monoisotopic (exact) mass is 620 g/mol. The zero-order chi connectivity index (χ0) is 30.1. The third-order valence-electron chi connectivity index (χ3n) is 9.30. The van der Waals surface area contributed by atoms with Crippen LogP contribution in [0.4, 0.5) is 5.69 Å². The Labute approximate surface area is 265 Å². The number of aryl methyl sites for hydroxylation is 1. The first-order valence-corrected chi connectivity index (χ1v) is 14.9. The molecule has 44 heavy (non-hydrogen) atoms. The van der Waals surface area contributed by atoms with Gasteiger partial charge in [-0.05, 0) is 42.2 Å². The van der Waals surface area contributed by atoms with Gasteiger partial charge in [-0.3, -0.25) is 19.2 Å². The first-order valence-electron chi connectivity index (χ1n) is 14.9. The van der Waals surface area contributed by atoms with Gasteiger partial charge >= 0.3 is 0 Å². The molecule has 1 N–H and O–H groups in total. The second-order valence-electron chi connectivity index (χ2n) is 11.8. The summed E-state index contributed by atoms with van der Waals surface area (Å²) in [5, 5.41) is 7.19. The number of halogens is 1. The van der Waals surface area contributed by atoms with Crippen LogP contribution in [0.2, 0.25) is 0 Å². The molecule has 234 valence electrons. The quantitative estimate of drug-likeness (QED) is 0.431. The minimum atomic E-state index is -0.892. The van der Waals surface area contributed by atoms with Crippen LogP contribution in [-0.2, 0) is 39.8 Å². The predicted octanol–water partition coefficient (Wildman–Crippen LogP) is 3.64. The van der Waals surface area contributed by atoms with Gasteiger partial charge in [-0.2, -0.15) is 5.10 Å². The number of nitrogens with one attached hydrogen (secondary N) is 1. The number of morpholine rings is 1. The molecule has 2 amide bonds. The fraction of sp³-hybridized carbons (Fsp3) is 0.424. The highest BCUT2D eigenvalue weighted by Gasteiger charge is 2.51. The van der Waals surface area contributed by atoms with E-state index in [0.29, 0.717) is 36.9 Å². The van der Waals surface area contributed by atoms with Crippen molar-refractivity contribution in [1.82, 2.24) is 24.5 Å². The van der Waals surface area contributed by atoms with E-state index in [4.69, 9.17) is 9.47 Å². The van der Waals surface area contributed by atoms with Crippen LogP contribution in [0, 0.1) is 5.92 Å². The number of carbonyl (C=O) groups is 2. The van der Waals surface area contributed by atoms with Crippen LogP contribution in [0.3, 0.4) is 0 Å². The van der Waals surface area contributed by atoms with Crippen LogP contribution in [0.5, 0.6) is 0 Å². The number of amides is 2. The van der Waals surface area contributed by atoms with E-state index in [-0.39, 0.29) is 30.3 Å². The van der Waals surface area contributed by atoms with Crippen molar-refractivity contribution < 1.29 is 19.1 Å². The standard InChI is InChI=1S/C33H40N6O4.ClH/c1-33(29(18-30(42-4)37(33)3)31(40)35-25-19-34-36(2)21-25)28-12-8-7-11-27(28)32(41)39-20-24-10-6-5-9-23(24)17-26(39)22-38-13-15-43-16-14-38;/h5-12,18-19,21,26,29H,13-17,20,22H2,1-4H3,(H,35,40);1H/t26-,29?,33?;/m0./s1. The second kappa shape index (κ2) is 13.0. The molecule has 10 nitrogen and oxygen atoms in total. The van der Waals surface area contributed by atoms with Crippen molar-refractivity contribution in [2.45, 2.75) is 31.5 Å². The highest BCUT2D eigenvalue weighted by molar-refractivity contribution is 5.98. The van der Waals surface area contributed by atoms with Crippen LogP contribution in [0.15, 0.2) is 72.9 Å². The van der Waals surface area contributed by atoms with E-state index in [2.05, 4.69) is 33.5 Å². The van der Waals surface area contributed by atoms with Gasteiger partial charge in [0.1, 0.15) is 0 Å². The Morgan fingerprint density at radius 1 is 1.07 bits per heavy atom. The van der Waals surface area contributed by atoms with E-state index in [1.54, 1.807) is 31.2 Å². The molecule has 6 rings (SSSR count). The largest absolute Gasteiger partial charge is 0.483 e. The van der Waals surface area contributed by atoms with Gasteiger partial charge in [0.15, 0.2) is 5.88 Å². The fourth-order valence-corrected chi connectivity index (χ4v) is 6.78. The lowest BCUT2D eigenvalue weighted by molar-refractivity contribution is -0.121. The van der Waals surface area contributed by atoms with Crippen molar-refractivity contribution in [1.29, 1.82) is 0 Å². The molecule has 4 heterocycles. The molecule has 11 heteroatoms. The molecule has 3 aliphatic rings. The SMILES string of the molecule is COC1=CC(C(=O)Nc2cnn(C)c2)C(C)(c2ccccc2C(=O)N2Cc3ccccc3C[C@H]2CN2CCOCC2)N1C.Cl. The Morgan fingerprint density at radius 2 is 1.77 bits per heavy atom. The van der Waals surface area contributed by atoms with Gasteiger partial charge in [0.25, 0.3) is 5.91 Å². The van der Waals surface area contributed by atoms with Crippen LogP contribution >= 0.6 is 12.4 Å². The maximum absolute atomic E-state index is 14.7. The Balaban J connectivity index is 0.00000384. The topological polar surface area (TPSA) is 92.2 Å². The fourth-order valence-electron chi connectivity index (χ4n) is 6.78. The van der Waals surface area contributed by atoms with Crippen LogP contribution in [-0.4, -0.2) is 89.3 Å². The van der Waals surface area contributed by atoms with Gasteiger partial charge < -0.3 is 24.6 Å². The predicted molar refractivity (Wildman–Crippen MR) is 170 cm³/mol. The van der Waals surface area contributed by atoms with Crippen molar-refractivity contribution in [3.05, 3.63) is 95.1 Å². The van der Waals surface area contributed by atoms with E-state index < -0.39 is 11.5 Å². The van der Waals surface area contributed by atoms with Gasteiger partial charge in [-0.15, -0.1) is 12.4 Å². The maximum Gasteiger partial charge on any atom is 0.254 e. The third-order valence-corrected chi connectivity index (χ3v) is 9.30. The zero-order valence-electron chi connectivity index (χ0n) is 25.7. The van der Waals surface area contributed by atoms with Gasteiger partial charge in [-0.25, -0.2) is 0 Å². The summed E-state index contributed by atoms with van der Waals surface area (Å²) in [4.78, 5) is 34.9. The number of methoxy groups -OCH3 is 1. The van der Waals surface area contributed by atoms with E-state index in [1.807, 2.05) is 60.2 Å². The molecule has 3 aliphatic heterocycles. The first kappa shape index (κ1) is 31.6. The molecular formula is C33H41ClN6O4. The van der Waals surface area contributed by atoms with Crippen molar-refractivity contribution in [2.24, 2.45) is 13.0 Å². The summed E-state index contributed by atoms with van der Waals surface area (Å²) in [5.74, 6) is -0.287. The molecule has 1 fully saturated rings. The molecular weight excluding hydrogens is 580 g/mol. The Hall–Kier alpha value is -3.86. The number of hydrogen-bond donors (Lipinski definition) is 1. The maximum atomic E-state index is 14.7. The lowest BCUT2D eigenvalue weighted by Crippen LogP contribution is -2.53. The molecule has 3 atom stereocenters. The van der Waals surface area contributed by atoms with E-state index in [1.165, 1.54) is 11.1 Å². The highest BCUT2D eigenvalue weighted by atomic mass is 35.5. The lowest BCUT2D eigenvalue weighted by atomic mass is 9.77. The number of hydrogen-bond acceptors (Lipinski definition) is 7. The van der Waals surface area contributed by atoms with E-state index >= 15 is 0 Å². The Kier molecular flexibility index (Phi) is 9.34. The van der Waals surface area contributed by atoms with Gasteiger partial charge in [0, 0.05) is 58.1 Å². The van der Waals surface area contributed by atoms with E-state index in [0.717, 1.165) is 31.6 Å². The molecule has 0 bridgehead atoms. The average Bonchev–Trinajstić information content (AvgIpc) is 3.56. The number of fused-ring (bicyclic) bond motifs is 1. The summed E-state index contributed by atoms with van der Waals surface area (Å²) in [6, 6.07) is 16.1. The smallest absolute Gasteiger partial charge is 0.254 e. The summed E-state index contributed by atoms with van der Waals surface area (Å²) < 4.78 is 12.9. The zero-order valence-corrected chi connectivity index (χ0v) is 26.5. The first-order chi connectivity index (χ1) is 20.8. The lowest BCUT2D eigenvalue weighted by Gasteiger charge is -2.43. The van der Waals surface area contributed by atoms with Gasteiger partial charge in [-0.1, -0.05) is 42.5 Å². The third kappa shape index (κ3) is 5.81. The number of benzene rings is 2. The Bertz CT molecular complexity index is 1540. The van der Waals surface area contributed by atoms with E-state index in [9.17, 15) is 9.59 Å². The summed E-state index contributed by atoms with van der Waals surface area (Å²) in [5.41, 5.74) is 3.56. The molecule has 2 unspecified atom stereocenters. The van der Waals surface area contributed by atoms with Crippen LogP contribution < -0.4 is 5.32 Å². The van der Waals surface area contributed by atoms with Crippen molar-refractivity contribution in [3.8, 4) is 0 Å². The molecule has 0 aliphatic carbocycles. The number of rotatable bonds is 7. The second-order valence-corrected chi connectivity index (χ2v) is 11.8. The molecule has 0 radical (unpaired) electrons. The minimum Gasteiger partial charge on any atom is -0.483 e. The van der Waals surface area contributed by atoms with Gasteiger partial charge in [0.05, 0.1) is 43.7 Å². The van der Waals surface area contributed by atoms with Crippen molar-refractivity contribution >= 4 is 29.9 Å².